The van der Waals surface area contributed by atoms with E-state index in [0.29, 0.717) is 10.1 Å². The summed E-state index contributed by atoms with van der Waals surface area (Å²) in [6.45, 7) is 0. The van der Waals surface area contributed by atoms with E-state index in [0.717, 1.165) is 32.7 Å². The van der Waals surface area contributed by atoms with Crippen molar-refractivity contribution in [3.05, 3.63) is 88.8 Å². The first-order valence-electron chi connectivity index (χ1n) is 9.70. The number of ether oxygens (including phenoxy) is 1. The molecule has 0 bridgehead atoms. The lowest BCUT2D eigenvalue weighted by atomic mass is 10.2. The maximum atomic E-state index is 13.6. The van der Waals surface area contributed by atoms with Gasteiger partial charge in [-0.25, -0.2) is 4.99 Å². The smallest absolute Gasteiger partial charge is 0.274 e. The van der Waals surface area contributed by atoms with Crippen LogP contribution in [0.2, 0.25) is 0 Å². The number of methoxy groups -OCH3 is 1. The molecule has 0 N–H and O–H groups in total. The van der Waals surface area contributed by atoms with Crippen LogP contribution in [0.5, 0.6) is 5.75 Å². The summed E-state index contributed by atoms with van der Waals surface area (Å²) in [6.07, 6.45) is 0. The van der Waals surface area contributed by atoms with Crippen LogP contribution in [0.4, 0.5) is 17.1 Å². The number of hydrogen-bond donors (Lipinski definition) is 0. The fourth-order valence-electron chi connectivity index (χ4n) is 3.45. The molecule has 1 fully saturated rings. The molecule has 154 valence electrons. The van der Waals surface area contributed by atoms with Gasteiger partial charge in [0.2, 0.25) is 0 Å². The minimum atomic E-state index is -0.0694. The van der Waals surface area contributed by atoms with Crippen LogP contribution in [0.15, 0.2) is 98.7 Å². The van der Waals surface area contributed by atoms with Gasteiger partial charge in [-0.05, 0) is 48.2 Å². The molecular formula is C24H19N3O2S2. The number of para-hydroxylation sites is 2. The van der Waals surface area contributed by atoms with Gasteiger partial charge in [0.1, 0.15) is 10.7 Å². The van der Waals surface area contributed by atoms with Crippen LogP contribution in [-0.4, -0.2) is 25.2 Å². The van der Waals surface area contributed by atoms with Crippen LogP contribution in [0, 0.1) is 0 Å². The maximum Gasteiger partial charge on any atom is 0.274 e. The summed E-state index contributed by atoms with van der Waals surface area (Å²) in [5.41, 5.74) is 2.64. The van der Waals surface area contributed by atoms with Gasteiger partial charge in [-0.2, -0.15) is 0 Å². The molecule has 5 rings (SSSR count). The summed E-state index contributed by atoms with van der Waals surface area (Å²) in [5.74, 6) is 0.722. The molecular weight excluding hydrogens is 426 g/mol. The minimum Gasteiger partial charge on any atom is -0.497 e. The fourth-order valence-corrected chi connectivity index (χ4v) is 5.77. The molecule has 0 radical (unpaired) electrons. The van der Waals surface area contributed by atoms with Gasteiger partial charge in [0.15, 0.2) is 5.17 Å². The zero-order chi connectivity index (χ0) is 21.4. The van der Waals surface area contributed by atoms with Crippen LogP contribution in [0.3, 0.4) is 0 Å². The number of nitrogens with zero attached hydrogens (tertiary/aromatic N) is 3. The Hall–Kier alpha value is -3.16. The van der Waals surface area contributed by atoms with E-state index < -0.39 is 0 Å². The number of thioether (sulfide) groups is 2. The van der Waals surface area contributed by atoms with Gasteiger partial charge in [0.05, 0.1) is 29.2 Å². The number of amides is 1. The number of carbonyl (C=O) groups excluding carboxylic acids is 1. The summed E-state index contributed by atoms with van der Waals surface area (Å²) in [5, 5.41) is 1.55. The topological polar surface area (TPSA) is 45.1 Å². The van der Waals surface area contributed by atoms with E-state index in [4.69, 9.17) is 9.73 Å². The van der Waals surface area contributed by atoms with E-state index in [2.05, 4.69) is 4.90 Å². The molecule has 2 heterocycles. The summed E-state index contributed by atoms with van der Waals surface area (Å²) in [6, 6.07) is 25.3. The van der Waals surface area contributed by atoms with Crippen molar-refractivity contribution in [2.45, 2.75) is 4.90 Å². The molecule has 0 spiro atoms. The van der Waals surface area contributed by atoms with Gasteiger partial charge in [0, 0.05) is 18.0 Å². The number of anilines is 2. The quantitative estimate of drug-likeness (QED) is 0.472. The summed E-state index contributed by atoms with van der Waals surface area (Å²) in [4.78, 5) is 23.9. The molecule has 5 nitrogen and oxygen atoms in total. The molecule has 0 atom stereocenters. The van der Waals surface area contributed by atoms with Crippen LogP contribution in [-0.2, 0) is 4.79 Å². The highest BCUT2D eigenvalue weighted by molar-refractivity contribution is 8.20. The molecule has 3 aromatic rings. The Labute approximate surface area is 189 Å². The second-order valence-corrected chi connectivity index (χ2v) is 8.95. The predicted octanol–water partition coefficient (Wildman–Crippen LogP) is 5.87. The van der Waals surface area contributed by atoms with Crippen molar-refractivity contribution in [1.29, 1.82) is 0 Å². The van der Waals surface area contributed by atoms with E-state index in [9.17, 15) is 4.79 Å². The van der Waals surface area contributed by atoms with Crippen LogP contribution >= 0.6 is 23.5 Å². The second kappa shape index (κ2) is 8.17. The third kappa shape index (κ3) is 3.60. The highest BCUT2D eigenvalue weighted by Gasteiger charge is 2.40. The van der Waals surface area contributed by atoms with Gasteiger partial charge >= 0.3 is 0 Å². The van der Waals surface area contributed by atoms with Crippen molar-refractivity contribution in [1.82, 2.24) is 0 Å². The number of rotatable bonds is 3. The van der Waals surface area contributed by atoms with Gasteiger partial charge in [-0.1, -0.05) is 48.2 Å². The van der Waals surface area contributed by atoms with Crippen molar-refractivity contribution < 1.29 is 9.53 Å². The number of fused-ring (bicyclic) bond motifs is 1. The zero-order valence-corrected chi connectivity index (χ0v) is 18.6. The SMILES string of the molecule is COc1ccc2c(c1)N(C)/C(=C1/SC(=Nc3ccccc3)N(c3ccccc3)C1=O)S2. The highest BCUT2D eigenvalue weighted by atomic mass is 32.2. The Morgan fingerprint density at radius 2 is 1.61 bits per heavy atom. The largest absolute Gasteiger partial charge is 0.497 e. The lowest BCUT2D eigenvalue weighted by Crippen LogP contribution is -2.29. The van der Waals surface area contributed by atoms with Crippen LogP contribution < -0.4 is 14.5 Å². The predicted molar refractivity (Wildman–Crippen MR) is 129 cm³/mol. The average molecular weight is 446 g/mol. The van der Waals surface area contributed by atoms with Crippen molar-refractivity contribution >= 4 is 51.7 Å². The highest BCUT2D eigenvalue weighted by Crippen LogP contribution is 2.51. The summed E-state index contributed by atoms with van der Waals surface area (Å²) >= 11 is 3.01. The van der Waals surface area contributed by atoms with Crippen molar-refractivity contribution in [2.24, 2.45) is 4.99 Å². The van der Waals surface area contributed by atoms with Gasteiger partial charge < -0.3 is 9.64 Å². The molecule has 0 aromatic heterocycles. The van der Waals surface area contributed by atoms with Crippen LogP contribution in [0.1, 0.15) is 0 Å². The van der Waals surface area contributed by atoms with E-state index in [1.807, 2.05) is 85.9 Å². The average Bonchev–Trinajstić information content (AvgIpc) is 3.30. The minimum absolute atomic E-state index is 0.0694. The molecule has 1 saturated heterocycles. The Bertz CT molecular complexity index is 1210. The first kappa shape index (κ1) is 19.8. The number of benzene rings is 3. The first-order valence-corrected chi connectivity index (χ1v) is 11.3. The second-order valence-electron chi connectivity index (χ2n) is 6.94. The van der Waals surface area contributed by atoms with E-state index >= 15 is 0 Å². The lowest BCUT2D eigenvalue weighted by molar-refractivity contribution is -0.113. The number of hydrogen-bond acceptors (Lipinski definition) is 6. The molecule has 2 aliphatic heterocycles. The van der Waals surface area contributed by atoms with Crippen molar-refractivity contribution in [2.75, 3.05) is 24.0 Å². The molecule has 0 unspecified atom stereocenters. The number of amidine groups is 1. The van der Waals surface area contributed by atoms with E-state index in [-0.39, 0.29) is 5.91 Å². The van der Waals surface area contributed by atoms with Crippen molar-refractivity contribution in [3.8, 4) is 5.75 Å². The molecule has 1 amide bonds. The molecule has 7 heteroatoms. The van der Waals surface area contributed by atoms with Gasteiger partial charge in [-0.15, -0.1) is 0 Å². The summed E-state index contributed by atoms with van der Waals surface area (Å²) < 4.78 is 5.38. The monoisotopic (exact) mass is 445 g/mol. The molecule has 0 aliphatic carbocycles. The van der Waals surface area contributed by atoms with Crippen molar-refractivity contribution in [3.63, 3.8) is 0 Å². The summed E-state index contributed by atoms with van der Waals surface area (Å²) in [7, 11) is 3.64. The third-order valence-electron chi connectivity index (χ3n) is 5.01. The maximum absolute atomic E-state index is 13.6. The zero-order valence-electron chi connectivity index (χ0n) is 17.0. The molecule has 0 saturated carbocycles. The molecule has 3 aromatic carbocycles. The normalized spacial score (nSPS) is 19.3. The van der Waals surface area contributed by atoms with Gasteiger partial charge in [0.25, 0.3) is 5.91 Å². The first-order chi connectivity index (χ1) is 15.2. The van der Waals surface area contributed by atoms with Gasteiger partial charge in [-0.3, -0.25) is 9.69 Å². The fraction of sp³-hybridized carbons (Fsp3) is 0.0833. The van der Waals surface area contributed by atoms with Crippen LogP contribution in [0.25, 0.3) is 0 Å². The molecule has 2 aliphatic rings. The Kier molecular flexibility index (Phi) is 5.21. The van der Waals surface area contributed by atoms with E-state index in [1.165, 1.54) is 11.8 Å². The standard InChI is InChI=1S/C24H19N3O2S2/c1-26-19-15-18(29-2)13-14-20(19)30-23(26)21-22(28)27(17-11-7-4-8-12-17)24(31-21)25-16-9-5-3-6-10-16/h3-15H,1-2H3/b23-21-,25-24?. The third-order valence-corrected chi connectivity index (χ3v) is 7.40. The number of carbonyl (C=O) groups is 1. The Morgan fingerprint density at radius 1 is 0.903 bits per heavy atom. The number of aliphatic imine (C=N–C) groups is 1. The Balaban J connectivity index is 1.59. The van der Waals surface area contributed by atoms with E-state index in [1.54, 1.807) is 23.8 Å². The molecule has 31 heavy (non-hydrogen) atoms. The Morgan fingerprint density at radius 3 is 2.32 bits per heavy atom. The lowest BCUT2D eigenvalue weighted by Gasteiger charge is -2.17.